The van der Waals surface area contributed by atoms with Crippen LogP contribution in [-0.4, -0.2) is 54.2 Å². The van der Waals surface area contributed by atoms with Crippen molar-refractivity contribution >= 4 is 45.0 Å². The van der Waals surface area contributed by atoms with Crippen molar-refractivity contribution in [1.82, 2.24) is 14.9 Å². The molecule has 1 saturated heterocycles. The number of hydrogen-bond donors (Lipinski definition) is 2. The zero-order chi connectivity index (χ0) is 19.7. The van der Waals surface area contributed by atoms with Gasteiger partial charge in [0.1, 0.15) is 16.4 Å². The fraction of sp³-hybridized carbons (Fsp3) is 0.316. The highest BCUT2D eigenvalue weighted by atomic mass is 32.1. The van der Waals surface area contributed by atoms with E-state index in [-0.39, 0.29) is 12.0 Å². The quantitative estimate of drug-likeness (QED) is 0.704. The van der Waals surface area contributed by atoms with Gasteiger partial charge in [0.25, 0.3) is 0 Å². The summed E-state index contributed by atoms with van der Waals surface area (Å²) >= 11 is 1.55. The summed E-state index contributed by atoms with van der Waals surface area (Å²) in [5.74, 6) is 1.89. The summed E-state index contributed by atoms with van der Waals surface area (Å²) in [6.07, 6.45) is 0. The number of anilines is 3. The predicted octanol–water partition coefficient (Wildman–Crippen LogP) is 2.94. The number of nitrogens with one attached hydrogen (secondary N) is 1. The second kappa shape index (κ2) is 7.51. The van der Waals surface area contributed by atoms with Crippen LogP contribution in [0.3, 0.4) is 0 Å². The number of amides is 2. The molecule has 4 rings (SSSR count). The third-order valence-electron chi connectivity index (χ3n) is 4.86. The summed E-state index contributed by atoms with van der Waals surface area (Å²) in [4.78, 5) is 26.2. The fourth-order valence-corrected chi connectivity index (χ4v) is 4.08. The number of rotatable bonds is 3. The molecular weight excluding hydrogens is 376 g/mol. The number of carbonyl (C=O) groups is 1. The first-order valence-corrected chi connectivity index (χ1v) is 9.89. The number of hydrogen-bond acceptors (Lipinski definition) is 7. The molecule has 0 bridgehead atoms. The van der Waals surface area contributed by atoms with Gasteiger partial charge in [-0.15, -0.1) is 11.3 Å². The van der Waals surface area contributed by atoms with Crippen molar-refractivity contribution in [2.75, 3.05) is 49.2 Å². The molecule has 0 atom stereocenters. The van der Waals surface area contributed by atoms with E-state index in [1.807, 2.05) is 41.5 Å². The van der Waals surface area contributed by atoms with Crippen LogP contribution in [0.2, 0.25) is 0 Å². The molecule has 8 nitrogen and oxygen atoms in total. The first kappa shape index (κ1) is 18.3. The summed E-state index contributed by atoms with van der Waals surface area (Å²) < 4.78 is 5.21. The lowest BCUT2D eigenvalue weighted by Gasteiger charge is -2.35. The summed E-state index contributed by atoms with van der Waals surface area (Å²) in [6.45, 7) is 4.54. The minimum atomic E-state index is -0.101. The zero-order valence-electron chi connectivity index (χ0n) is 15.8. The largest absolute Gasteiger partial charge is 0.497 e. The molecule has 2 amide bonds. The standard InChI is InChI=1S/C19H22N6O2S/c1-12-11-13(27-2)3-4-15(12)21-19(26)25-8-6-24(7-9-25)16-14-5-10-28-17(14)23-18(20)22-16/h3-5,10-11H,6-9H2,1-2H3,(H,21,26)(H2,20,22,23). The number of carbonyl (C=O) groups excluding carboxylic acids is 1. The second-order valence-corrected chi connectivity index (χ2v) is 7.52. The normalized spacial score (nSPS) is 14.4. The lowest BCUT2D eigenvalue weighted by molar-refractivity contribution is 0.208. The number of nitrogen functional groups attached to an aromatic ring is 1. The first-order valence-electron chi connectivity index (χ1n) is 9.01. The van der Waals surface area contributed by atoms with Gasteiger partial charge in [-0.2, -0.15) is 4.98 Å². The van der Waals surface area contributed by atoms with Crippen molar-refractivity contribution in [1.29, 1.82) is 0 Å². The molecule has 2 aromatic heterocycles. The number of ether oxygens (including phenoxy) is 1. The average Bonchev–Trinajstić information content (AvgIpc) is 3.17. The van der Waals surface area contributed by atoms with Gasteiger partial charge in [-0.3, -0.25) is 0 Å². The molecule has 0 spiro atoms. The van der Waals surface area contributed by atoms with Crippen LogP contribution in [0.25, 0.3) is 10.2 Å². The van der Waals surface area contributed by atoms with E-state index in [1.54, 1.807) is 18.4 Å². The van der Waals surface area contributed by atoms with Crippen molar-refractivity contribution in [3.05, 3.63) is 35.2 Å². The van der Waals surface area contributed by atoms with E-state index in [2.05, 4.69) is 20.2 Å². The Balaban J connectivity index is 1.42. The molecule has 28 heavy (non-hydrogen) atoms. The van der Waals surface area contributed by atoms with Crippen molar-refractivity contribution in [3.8, 4) is 5.75 Å². The molecule has 0 aliphatic carbocycles. The summed E-state index contributed by atoms with van der Waals surface area (Å²) in [5.41, 5.74) is 7.61. The maximum Gasteiger partial charge on any atom is 0.321 e. The highest BCUT2D eigenvalue weighted by Gasteiger charge is 2.24. The molecule has 0 saturated carbocycles. The lowest BCUT2D eigenvalue weighted by atomic mass is 10.2. The van der Waals surface area contributed by atoms with Crippen LogP contribution in [-0.2, 0) is 0 Å². The minimum absolute atomic E-state index is 0.101. The van der Waals surface area contributed by atoms with Crippen LogP contribution in [0.1, 0.15) is 5.56 Å². The number of aryl methyl sites for hydroxylation is 1. The minimum Gasteiger partial charge on any atom is -0.497 e. The Bertz CT molecular complexity index is 1010. The van der Waals surface area contributed by atoms with E-state index in [1.165, 1.54) is 0 Å². The van der Waals surface area contributed by atoms with Crippen LogP contribution in [0.15, 0.2) is 29.6 Å². The van der Waals surface area contributed by atoms with Gasteiger partial charge >= 0.3 is 6.03 Å². The third-order valence-corrected chi connectivity index (χ3v) is 5.67. The Kier molecular flexibility index (Phi) is 4.91. The highest BCUT2D eigenvalue weighted by molar-refractivity contribution is 7.16. The molecule has 9 heteroatoms. The molecule has 1 aliphatic rings. The monoisotopic (exact) mass is 398 g/mol. The van der Waals surface area contributed by atoms with E-state index >= 15 is 0 Å². The van der Waals surface area contributed by atoms with Crippen LogP contribution in [0, 0.1) is 6.92 Å². The number of piperazine rings is 1. The Morgan fingerprint density at radius 2 is 2.00 bits per heavy atom. The number of thiophene rings is 1. The highest BCUT2D eigenvalue weighted by Crippen LogP contribution is 2.29. The molecule has 3 aromatic rings. The maximum atomic E-state index is 12.7. The Morgan fingerprint density at radius 3 is 2.71 bits per heavy atom. The molecule has 1 fully saturated rings. The van der Waals surface area contributed by atoms with Gasteiger partial charge in [0.2, 0.25) is 5.95 Å². The van der Waals surface area contributed by atoms with Crippen LogP contribution >= 0.6 is 11.3 Å². The summed E-state index contributed by atoms with van der Waals surface area (Å²) in [5, 5.41) is 5.98. The fourth-order valence-electron chi connectivity index (χ4n) is 3.32. The summed E-state index contributed by atoms with van der Waals surface area (Å²) in [6, 6.07) is 7.51. The number of fused-ring (bicyclic) bond motifs is 1. The molecule has 0 radical (unpaired) electrons. The van der Waals surface area contributed by atoms with Gasteiger partial charge in [0.15, 0.2) is 0 Å². The van der Waals surface area contributed by atoms with Gasteiger partial charge in [0.05, 0.1) is 12.5 Å². The van der Waals surface area contributed by atoms with Gasteiger partial charge in [-0.25, -0.2) is 9.78 Å². The van der Waals surface area contributed by atoms with Crippen LogP contribution in [0.4, 0.5) is 22.2 Å². The number of methoxy groups -OCH3 is 1. The van der Waals surface area contributed by atoms with Crippen LogP contribution in [0.5, 0.6) is 5.75 Å². The van der Waals surface area contributed by atoms with Crippen molar-refractivity contribution in [3.63, 3.8) is 0 Å². The topological polar surface area (TPSA) is 96.6 Å². The number of aromatic nitrogens is 2. The number of urea groups is 1. The Hall–Kier alpha value is -3.07. The van der Waals surface area contributed by atoms with E-state index < -0.39 is 0 Å². The lowest BCUT2D eigenvalue weighted by Crippen LogP contribution is -2.50. The second-order valence-electron chi connectivity index (χ2n) is 6.63. The van der Waals surface area contributed by atoms with Gasteiger partial charge < -0.3 is 25.6 Å². The van der Waals surface area contributed by atoms with Gasteiger partial charge in [-0.1, -0.05) is 0 Å². The van der Waals surface area contributed by atoms with E-state index in [0.717, 1.165) is 33.0 Å². The predicted molar refractivity (Wildman–Crippen MR) is 112 cm³/mol. The molecule has 0 unspecified atom stereocenters. The van der Waals surface area contributed by atoms with Crippen molar-refractivity contribution < 1.29 is 9.53 Å². The molecule has 146 valence electrons. The third kappa shape index (κ3) is 3.53. The molecular formula is C19H22N6O2S. The average molecular weight is 398 g/mol. The summed E-state index contributed by atoms with van der Waals surface area (Å²) in [7, 11) is 1.63. The maximum absolute atomic E-state index is 12.7. The first-order chi connectivity index (χ1) is 13.5. The van der Waals surface area contributed by atoms with Crippen LogP contribution < -0.4 is 20.7 Å². The smallest absolute Gasteiger partial charge is 0.321 e. The molecule has 3 N–H and O–H groups in total. The van der Waals surface area contributed by atoms with E-state index in [9.17, 15) is 4.79 Å². The van der Waals surface area contributed by atoms with E-state index in [4.69, 9.17) is 10.5 Å². The molecule has 1 aromatic carbocycles. The Labute approximate surface area is 166 Å². The molecule has 3 heterocycles. The SMILES string of the molecule is COc1ccc(NC(=O)N2CCN(c3nc(N)nc4sccc34)CC2)c(C)c1. The number of nitrogens with zero attached hydrogens (tertiary/aromatic N) is 4. The number of nitrogens with two attached hydrogens (primary N) is 1. The molecule has 1 aliphatic heterocycles. The van der Waals surface area contributed by atoms with Crippen molar-refractivity contribution in [2.24, 2.45) is 0 Å². The van der Waals surface area contributed by atoms with Gasteiger partial charge in [-0.05, 0) is 42.1 Å². The van der Waals surface area contributed by atoms with Crippen molar-refractivity contribution in [2.45, 2.75) is 6.92 Å². The van der Waals surface area contributed by atoms with E-state index in [0.29, 0.717) is 26.2 Å². The van der Waals surface area contributed by atoms with Gasteiger partial charge in [0, 0.05) is 31.9 Å². The number of benzene rings is 1. The Morgan fingerprint density at radius 1 is 1.21 bits per heavy atom. The zero-order valence-corrected chi connectivity index (χ0v) is 16.6.